The third-order valence-corrected chi connectivity index (χ3v) is 1.64. The van der Waals surface area contributed by atoms with Gasteiger partial charge in [-0.15, -0.1) is 0 Å². The summed E-state index contributed by atoms with van der Waals surface area (Å²) >= 11 is 1.56. The van der Waals surface area contributed by atoms with Crippen molar-refractivity contribution in [2.24, 2.45) is 0 Å². The fourth-order valence-electron chi connectivity index (χ4n) is 0.590. The Kier molecular flexibility index (Phi) is 22.5. The first kappa shape index (κ1) is 26.0. The van der Waals surface area contributed by atoms with E-state index in [0.29, 0.717) is 0 Å². The molecule has 0 N–H and O–H groups in total. The van der Waals surface area contributed by atoms with E-state index in [1.54, 1.807) is 16.5 Å². The topological polar surface area (TPSA) is 17.1 Å². The molecule has 0 saturated heterocycles. The molecule has 0 atom stereocenters. The number of carbonyl (C=O) groups is 1. The van der Waals surface area contributed by atoms with Crippen LogP contribution in [0.3, 0.4) is 0 Å². The van der Waals surface area contributed by atoms with Crippen LogP contribution in [0.1, 0.15) is 10.4 Å². The van der Waals surface area contributed by atoms with Crippen LogP contribution in [-0.2, 0) is 0 Å². The predicted molar refractivity (Wildman–Crippen MR) is 107 cm³/mol. The Morgan fingerprint density at radius 3 is 1.10 bits per heavy atom. The molecule has 0 bridgehead atoms. The molecule has 1 rings (SSSR count). The summed E-state index contributed by atoms with van der Waals surface area (Å²) in [5.74, 6) is 0. The second-order valence-corrected chi connectivity index (χ2v) is 16.1. The zero-order chi connectivity index (χ0) is 17.4. The fourth-order valence-corrected chi connectivity index (χ4v) is 0.939. The van der Waals surface area contributed by atoms with Crippen LogP contribution in [0.5, 0.6) is 0 Å². The number of rotatable bonds is 1. The number of hydrogen-bond donors (Lipinski definition) is 0. The fraction of sp³-hybridized carbons (Fsp3) is 0.562. The monoisotopic (exact) mass is 398 g/mol. The van der Waals surface area contributed by atoms with Gasteiger partial charge in [0.2, 0.25) is 0 Å². The van der Waals surface area contributed by atoms with E-state index < -0.39 is 0 Å². The van der Waals surface area contributed by atoms with Gasteiger partial charge in [-0.25, -0.2) is 0 Å². The molecule has 6 radical (unpaired) electrons. The Balaban J connectivity index is -0.000000230. The van der Waals surface area contributed by atoms with Crippen LogP contribution in [0.25, 0.3) is 0 Å². The van der Waals surface area contributed by atoms with Crippen molar-refractivity contribution < 1.29 is 4.79 Å². The average Bonchev–Trinajstić information content (AvgIpc) is 2.27. The molecule has 1 aromatic carbocycles. The first-order valence-electron chi connectivity index (χ1n) is 7.11. The van der Waals surface area contributed by atoms with E-state index in [1.165, 1.54) is 0 Å². The van der Waals surface area contributed by atoms with Gasteiger partial charge in [-0.1, -0.05) is 58.9 Å². The number of carbonyl (C=O) groups excluding carboxylic acids is 1. The molecule has 0 aliphatic heterocycles. The van der Waals surface area contributed by atoms with Crippen molar-refractivity contribution in [3.8, 4) is 0 Å². The van der Waals surface area contributed by atoms with E-state index in [1.807, 2.05) is 30.3 Å². The van der Waals surface area contributed by atoms with Gasteiger partial charge >= 0.3 is 61.8 Å². The molecule has 0 aromatic heterocycles. The number of benzene rings is 1. The normalized spacial score (nSPS) is 9.00. The first-order chi connectivity index (χ1) is 9.50. The van der Waals surface area contributed by atoms with Gasteiger partial charge in [-0.05, 0) is 0 Å². The summed E-state index contributed by atoms with van der Waals surface area (Å²) in [6, 6.07) is 9.23. The van der Waals surface area contributed by atoms with Gasteiger partial charge in [0.05, 0.1) is 0 Å². The second kappa shape index (κ2) is 18.1. The zero-order valence-electron chi connectivity index (χ0n) is 15.3. The molecule has 0 fully saturated rings. The van der Waals surface area contributed by atoms with E-state index >= 15 is 0 Å². The summed E-state index contributed by atoms with van der Waals surface area (Å²) < 4.78 is 0.121. The van der Waals surface area contributed by atoms with Gasteiger partial charge in [0, 0.05) is 26.4 Å². The van der Waals surface area contributed by atoms with Crippen molar-refractivity contribution in [1.29, 1.82) is 0 Å². The van der Waals surface area contributed by atoms with Crippen LogP contribution >= 0.6 is 0 Å². The van der Waals surface area contributed by atoms with Gasteiger partial charge in [0.15, 0.2) is 0 Å². The quantitative estimate of drug-likeness (QED) is 0.602. The van der Waals surface area contributed by atoms with Crippen molar-refractivity contribution in [2.45, 2.75) is 58.9 Å². The van der Waals surface area contributed by atoms with E-state index in [0.717, 1.165) is 5.56 Å². The zero-order valence-corrected chi connectivity index (χ0v) is 20.4. The molecule has 0 spiro atoms. The van der Waals surface area contributed by atoms with Gasteiger partial charge in [-0.3, -0.25) is 0 Å². The molecule has 0 aliphatic carbocycles. The Morgan fingerprint density at radius 2 is 0.952 bits per heavy atom. The molecule has 0 amide bonds. The molecular formula is C16H32GeOSi3. The van der Waals surface area contributed by atoms with Crippen molar-refractivity contribution >= 4 is 47.5 Å². The Hall–Kier alpha value is 0.0835. The maximum absolute atomic E-state index is 10.6. The van der Waals surface area contributed by atoms with E-state index in [-0.39, 0.29) is 31.0 Å². The Bertz CT molecular complexity index is 305. The SMILES string of the molecule is C[Si](C)C.C[Si](C)C.C[Si](C)C.O=[C]([Ge])c1ccccc1. The van der Waals surface area contributed by atoms with Crippen molar-refractivity contribution in [1.82, 2.24) is 0 Å². The second-order valence-electron chi connectivity index (χ2n) is 6.20. The van der Waals surface area contributed by atoms with Crippen LogP contribution < -0.4 is 0 Å². The molecular weight excluding hydrogens is 365 g/mol. The van der Waals surface area contributed by atoms with Crippen LogP contribution in [0.2, 0.25) is 58.9 Å². The maximum atomic E-state index is 10.6. The third-order valence-electron chi connectivity index (χ3n) is 1.04. The summed E-state index contributed by atoms with van der Waals surface area (Å²) in [7, 11) is 0.361. The van der Waals surface area contributed by atoms with Gasteiger partial charge in [-0.2, -0.15) is 0 Å². The molecule has 0 aliphatic rings. The minimum atomic E-state index is 0.120. The van der Waals surface area contributed by atoms with Crippen molar-refractivity contribution in [2.75, 3.05) is 0 Å². The van der Waals surface area contributed by atoms with Crippen molar-refractivity contribution in [3.05, 3.63) is 35.9 Å². The molecule has 21 heavy (non-hydrogen) atoms. The summed E-state index contributed by atoms with van der Waals surface area (Å²) in [4.78, 5) is 10.6. The summed E-state index contributed by atoms with van der Waals surface area (Å²) in [5.41, 5.74) is 0.775. The van der Waals surface area contributed by atoms with E-state index in [2.05, 4.69) is 58.9 Å². The molecule has 5 heteroatoms. The molecule has 118 valence electrons. The average molecular weight is 397 g/mol. The van der Waals surface area contributed by atoms with Gasteiger partial charge < -0.3 is 0 Å². The van der Waals surface area contributed by atoms with Crippen LogP contribution in [0.15, 0.2) is 30.3 Å². The molecule has 0 unspecified atom stereocenters. The minimum absolute atomic E-state index is 0.120. The van der Waals surface area contributed by atoms with Crippen LogP contribution in [-0.4, -0.2) is 47.5 Å². The van der Waals surface area contributed by atoms with Crippen LogP contribution in [0, 0.1) is 0 Å². The first-order valence-corrected chi connectivity index (χ1v) is 17.2. The number of hydrogen-bond acceptors (Lipinski definition) is 1. The standard InChI is InChI=1S/C7H5GeO.3C3H9Si/c8-7(9)6-4-2-1-3-5-6;3*1-4(2)3/h1-5H;3*1-3H3. The van der Waals surface area contributed by atoms with Gasteiger partial charge in [0.1, 0.15) is 0 Å². The third kappa shape index (κ3) is 45.0. The van der Waals surface area contributed by atoms with Gasteiger partial charge in [0.25, 0.3) is 0 Å². The van der Waals surface area contributed by atoms with Crippen molar-refractivity contribution in [3.63, 3.8) is 0 Å². The van der Waals surface area contributed by atoms with E-state index in [4.69, 9.17) is 0 Å². The molecule has 1 aromatic rings. The Labute approximate surface area is 147 Å². The van der Waals surface area contributed by atoms with E-state index in [9.17, 15) is 4.79 Å². The Morgan fingerprint density at radius 1 is 0.714 bits per heavy atom. The predicted octanol–water partition coefficient (Wildman–Crippen LogP) is 5.11. The summed E-state index contributed by atoms with van der Waals surface area (Å²) in [5, 5.41) is 0. The molecule has 1 nitrogen and oxygen atoms in total. The summed E-state index contributed by atoms with van der Waals surface area (Å²) in [6.07, 6.45) is 0. The van der Waals surface area contributed by atoms with Crippen LogP contribution in [0.4, 0.5) is 0 Å². The summed E-state index contributed by atoms with van der Waals surface area (Å²) in [6.45, 7) is 20.4. The molecule has 0 saturated carbocycles. The molecule has 0 heterocycles.